The molecule has 0 amide bonds. The van der Waals surface area contributed by atoms with Crippen LogP contribution in [-0.2, 0) is 22.5 Å². The SMILES string of the molecule is COC(=O)Cc1c(C)c2ccc3c(c2oc1=O)CN(C1CC1)CO3. The zero-order chi connectivity index (χ0) is 16.8. The van der Waals surface area contributed by atoms with E-state index in [9.17, 15) is 9.59 Å². The van der Waals surface area contributed by atoms with Crippen LogP contribution in [0.2, 0.25) is 0 Å². The number of nitrogens with zero attached hydrogens (tertiary/aromatic N) is 1. The van der Waals surface area contributed by atoms with Crippen LogP contribution < -0.4 is 10.4 Å². The van der Waals surface area contributed by atoms with Crippen molar-refractivity contribution < 1.29 is 18.7 Å². The van der Waals surface area contributed by atoms with Gasteiger partial charge >= 0.3 is 11.6 Å². The number of hydrogen-bond donors (Lipinski definition) is 0. The Bertz CT molecular complexity index is 881. The lowest BCUT2D eigenvalue weighted by Crippen LogP contribution is -2.34. The van der Waals surface area contributed by atoms with Crippen molar-refractivity contribution in [2.45, 2.75) is 38.8 Å². The maximum absolute atomic E-state index is 12.4. The van der Waals surface area contributed by atoms with Gasteiger partial charge in [-0.25, -0.2) is 4.79 Å². The minimum Gasteiger partial charge on any atom is -0.478 e. The molecule has 0 unspecified atom stereocenters. The van der Waals surface area contributed by atoms with Gasteiger partial charge in [-0.2, -0.15) is 0 Å². The topological polar surface area (TPSA) is 69.0 Å². The van der Waals surface area contributed by atoms with Gasteiger partial charge in [0.05, 0.1) is 24.7 Å². The summed E-state index contributed by atoms with van der Waals surface area (Å²) in [5.74, 6) is 0.314. The summed E-state index contributed by atoms with van der Waals surface area (Å²) in [6.45, 7) is 3.13. The van der Waals surface area contributed by atoms with Crippen molar-refractivity contribution in [1.29, 1.82) is 0 Å². The zero-order valence-electron chi connectivity index (χ0n) is 13.8. The normalized spacial score (nSPS) is 17.4. The van der Waals surface area contributed by atoms with E-state index in [-0.39, 0.29) is 6.42 Å². The number of ether oxygens (including phenoxy) is 2. The van der Waals surface area contributed by atoms with Gasteiger partial charge in [-0.05, 0) is 37.5 Å². The fourth-order valence-electron chi connectivity index (χ4n) is 3.27. The molecule has 2 heterocycles. The highest BCUT2D eigenvalue weighted by atomic mass is 16.5. The van der Waals surface area contributed by atoms with Gasteiger partial charge in [-0.3, -0.25) is 9.69 Å². The van der Waals surface area contributed by atoms with Crippen molar-refractivity contribution in [1.82, 2.24) is 4.90 Å². The molecule has 1 aromatic heterocycles. The third kappa shape index (κ3) is 2.47. The first-order valence-electron chi connectivity index (χ1n) is 8.10. The summed E-state index contributed by atoms with van der Waals surface area (Å²) in [4.78, 5) is 26.2. The van der Waals surface area contributed by atoms with E-state index in [0.717, 1.165) is 28.8 Å². The molecule has 2 aromatic rings. The second kappa shape index (κ2) is 5.63. The fourth-order valence-corrected chi connectivity index (χ4v) is 3.27. The Morgan fingerprint density at radius 1 is 1.38 bits per heavy atom. The molecule has 6 nitrogen and oxygen atoms in total. The van der Waals surface area contributed by atoms with Crippen LogP contribution in [0.1, 0.15) is 29.5 Å². The minimum absolute atomic E-state index is 0.0810. The number of rotatable bonds is 3. The Hall–Kier alpha value is -2.34. The molecular formula is C18H19NO5. The first-order chi connectivity index (χ1) is 11.6. The number of methoxy groups -OCH3 is 1. The molecule has 2 aliphatic rings. The number of aryl methyl sites for hydroxylation is 1. The van der Waals surface area contributed by atoms with Crippen LogP contribution in [0.25, 0.3) is 11.0 Å². The van der Waals surface area contributed by atoms with Gasteiger partial charge in [-0.1, -0.05) is 0 Å². The largest absolute Gasteiger partial charge is 0.478 e. The summed E-state index contributed by atoms with van der Waals surface area (Å²) in [5, 5.41) is 0.841. The Morgan fingerprint density at radius 3 is 2.88 bits per heavy atom. The molecule has 1 aromatic carbocycles. The summed E-state index contributed by atoms with van der Waals surface area (Å²) in [6, 6.07) is 4.37. The summed E-state index contributed by atoms with van der Waals surface area (Å²) < 4.78 is 16.1. The second-order valence-electron chi connectivity index (χ2n) is 6.42. The predicted octanol–water partition coefficient (Wildman–Crippen LogP) is 2.13. The van der Waals surface area contributed by atoms with E-state index in [1.807, 2.05) is 19.1 Å². The molecule has 0 atom stereocenters. The van der Waals surface area contributed by atoms with Crippen LogP contribution >= 0.6 is 0 Å². The number of benzene rings is 1. The molecule has 1 saturated carbocycles. The standard InChI is InChI=1S/C18H19NO5/c1-10-12-5-6-15-14(8-19(9-23-15)11-3-4-11)17(12)24-18(21)13(10)7-16(20)22-2/h5-6,11H,3-4,7-9H2,1-2H3. The van der Waals surface area contributed by atoms with E-state index < -0.39 is 11.6 Å². The van der Waals surface area contributed by atoms with Gasteiger partial charge in [0.15, 0.2) is 0 Å². The molecule has 126 valence electrons. The number of carbonyl (C=O) groups is 1. The third-order valence-electron chi connectivity index (χ3n) is 4.87. The molecular weight excluding hydrogens is 310 g/mol. The Kier molecular flexibility index (Phi) is 3.57. The first kappa shape index (κ1) is 15.2. The summed E-state index contributed by atoms with van der Waals surface area (Å²) >= 11 is 0. The van der Waals surface area contributed by atoms with Crippen LogP contribution in [0.3, 0.4) is 0 Å². The average molecular weight is 329 g/mol. The molecule has 0 radical (unpaired) electrons. The Labute approximate surface area is 139 Å². The van der Waals surface area contributed by atoms with Crippen molar-refractivity contribution in [2.75, 3.05) is 13.8 Å². The van der Waals surface area contributed by atoms with E-state index in [4.69, 9.17) is 9.15 Å². The molecule has 0 bridgehead atoms. The van der Waals surface area contributed by atoms with E-state index in [1.165, 1.54) is 20.0 Å². The molecule has 1 aliphatic carbocycles. The number of fused-ring (bicyclic) bond motifs is 3. The summed E-state index contributed by atoms with van der Waals surface area (Å²) in [7, 11) is 1.31. The van der Waals surface area contributed by atoms with E-state index in [1.54, 1.807) is 0 Å². The van der Waals surface area contributed by atoms with E-state index in [2.05, 4.69) is 9.64 Å². The van der Waals surface area contributed by atoms with Crippen LogP contribution in [0.4, 0.5) is 0 Å². The van der Waals surface area contributed by atoms with Crippen LogP contribution in [0.15, 0.2) is 21.3 Å². The molecule has 1 fully saturated rings. The highest BCUT2D eigenvalue weighted by Gasteiger charge is 2.33. The molecule has 0 N–H and O–H groups in total. The number of carbonyl (C=O) groups excluding carboxylic acids is 1. The van der Waals surface area contributed by atoms with Crippen molar-refractivity contribution in [3.05, 3.63) is 39.2 Å². The van der Waals surface area contributed by atoms with Crippen molar-refractivity contribution >= 4 is 16.9 Å². The lowest BCUT2D eigenvalue weighted by Gasteiger charge is -2.29. The summed E-state index contributed by atoms with van der Waals surface area (Å²) in [6.07, 6.45) is 2.30. The minimum atomic E-state index is -0.484. The molecule has 6 heteroatoms. The molecule has 1 aliphatic heterocycles. The van der Waals surface area contributed by atoms with Crippen molar-refractivity contribution in [2.24, 2.45) is 0 Å². The fraction of sp³-hybridized carbons (Fsp3) is 0.444. The van der Waals surface area contributed by atoms with Crippen LogP contribution in [0, 0.1) is 6.92 Å². The van der Waals surface area contributed by atoms with Gasteiger partial charge in [0.1, 0.15) is 18.1 Å². The van der Waals surface area contributed by atoms with Gasteiger partial charge in [-0.15, -0.1) is 0 Å². The highest BCUT2D eigenvalue weighted by Crippen LogP contribution is 2.37. The highest BCUT2D eigenvalue weighted by molar-refractivity contribution is 5.87. The Morgan fingerprint density at radius 2 is 2.17 bits per heavy atom. The smallest absolute Gasteiger partial charge is 0.340 e. The van der Waals surface area contributed by atoms with Crippen molar-refractivity contribution in [3.8, 4) is 5.75 Å². The molecule has 24 heavy (non-hydrogen) atoms. The number of hydrogen-bond acceptors (Lipinski definition) is 6. The maximum Gasteiger partial charge on any atom is 0.340 e. The average Bonchev–Trinajstić information content (AvgIpc) is 3.42. The predicted molar refractivity (Wildman–Crippen MR) is 87.0 cm³/mol. The van der Waals surface area contributed by atoms with Gasteiger partial charge in [0.25, 0.3) is 0 Å². The monoisotopic (exact) mass is 329 g/mol. The zero-order valence-corrected chi connectivity index (χ0v) is 13.8. The Balaban J connectivity index is 1.83. The lowest BCUT2D eigenvalue weighted by atomic mass is 10.0. The number of esters is 1. The van der Waals surface area contributed by atoms with Crippen LogP contribution in [0.5, 0.6) is 5.75 Å². The molecule has 4 rings (SSSR count). The van der Waals surface area contributed by atoms with Crippen LogP contribution in [-0.4, -0.2) is 30.8 Å². The quantitative estimate of drug-likeness (QED) is 0.635. The molecule has 0 spiro atoms. The van der Waals surface area contributed by atoms with E-state index in [0.29, 0.717) is 23.9 Å². The second-order valence-corrected chi connectivity index (χ2v) is 6.42. The third-order valence-corrected chi connectivity index (χ3v) is 4.87. The maximum atomic E-state index is 12.4. The first-order valence-corrected chi connectivity index (χ1v) is 8.10. The lowest BCUT2D eigenvalue weighted by molar-refractivity contribution is -0.139. The van der Waals surface area contributed by atoms with E-state index >= 15 is 0 Å². The van der Waals surface area contributed by atoms with Gasteiger partial charge in [0, 0.05) is 18.0 Å². The van der Waals surface area contributed by atoms with Gasteiger partial charge in [0.2, 0.25) is 0 Å². The molecule has 0 saturated heterocycles. The summed E-state index contributed by atoms with van der Waals surface area (Å²) in [5.41, 5.74) is 2.11. The van der Waals surface area contributed by atoms with Gasteiger partial charge < -0.3 is 13.9 Å². The van der Waals surface area contributed by atoms with Crippen molar-refractivity contribution in [3.63, 3.8) is 0 Å².